The Labute approximate surface area is 97.3 Å². The van der Waals surface area contributed by atoms with Crippen molar-refractivity contribution in [2.75, 3.05) is 5.75 Å². The molecule has 3 heteroatoms. The Morgan fingerprint density at radius 1 is 1.27 bits per heavy atom. The molecule has 0 bridgehead atoms. The molecule has 1 saturated carbocycles. The SMILES string of the molecule is CC(C)[C@H]1CSC(NC2CCCCC2)=N1. The molecule has 0 amide bonds. The van der Waals surface area contributed by atoms with E-state index in [0.29, 0.717) is 18.0 Å². The first-order valence-corrected chi connectivity index (χ1v) is 7.21. The maximum atomic E-state index is 4.75. The summed E-state index contributed by atoms with van der Waals surface area (Å²) in [4.78, 5) is 4.75. The van der Waals surface area contributed by atoms with E-state index >= 15 is 0 Å². The number of amidine groups is 1. The van der Waals surface area contributed by atoms with Crippen LogP contribution in [0.4, 0.5) is 0 Å². The summed E-state index contributed by atoms with van der Waals surface area (Å²) in [7, 11) is 0. The highest BCUT2D eigenvalue weighted by atomic mass is 32.2. The van der Waals surface area contributed by atoms with Crippen molar-refractivity contribution in [3.63, 3.8) is 0 Å². The van der Waals surface area contributed by atoms with Crippen LogP contribution in [0.5, 0.6) is 0 Å². The zero-order valence-corrected chi connectivity index (χ0v) is 10.6. The zero-order valence-electron chi connectivity index (χ0n) is 9.83. The molecule has 1 heterocycles. The summed E-state index contributed by atoms with van der Waals surface area (Å²) >= 11 is 1.91. The Kier molecular flexibility index (Phi) is 3.95. The van der Waals surface area contributed by atoms with Crippen LogP contribution in [0.1, 0.15) is 46.0 Å². The number of aliphatic imine (C=N–C) groups is 1. The summed E-state index contributed by atoms with van der Waals surface area (Å²) < 4.78 is 0. The number of rotatable bonds is 2. The second-order valence-electron chi connectivity index (χ2n) is 5.04. The number of nitrogens with one attached hydrogen (secondary N) is 1. The summed E-state index contributed by atoms with van der Waals surface area (Å²) in [6.45, 7) is 4.52. The van der Waals surface area contributed by atoms with E-state index in [1.54, 1.807) is 0 Å². The van der Waals surface area contributed by atoms with Gasteiger partial charge in [-0.1, -0.05) is 44.9 Å². The molecule has 0 spiro atoms. The quantitative estimate of drug-likeness (QED) is 0.782. The first kappa shape index (κ1) is 11.3. The lowest BCUT2D eigenvalue weighted by Crippen LogP contribution is -2.34. The summed E-state index contributed by atoms with van der Waals surface area (Å²) in [5.74, 6) is 1.86. The maximum Gasteiger partial charge on any atom is 0.157 e. The van der Waals surface area contributed by atoms with Crippen LogP contribution in [0.25, 0.3) is 0 Å². The van der Waals surface area contributed by atoms with Crippen LogP contribution in [-0.4, -0.2) is 23.0 Å². The third-order valence-electron chi connectivity index (χ3n) is 3.38. The van der Waals surface area contributed by atoms with E-state index in [0.717, 1.165) is 0 Å². The number of nitrogens with zero attached hydrogens (tertiary/aromatic N) is 1. The van der Waals surface area contributed by atoms with Crippen LogP contribution in [0.3, 0.4) is 0 Å². The Hall–Kier alpha value is -0.180. The number of hydrogen-bond acceptors (Lipinski definition) is 3. The van der Waals surface area contributed by atoms with Crippen molar-refractivity contribution >= 4 is 16.9 Å². The Morgan fingerprint density at radius 3 is 2.60 bits per heavy atom. The van der Waals surface area contributed by atoms with Gasteiger partial charge in [-0.3, -0.25) is 4.99 Å². The van der Waals surface area contributed by atoms with E-state index in [2.05, 4.69) is 19.2 Å². The lowest BCUT2D eigenvalue weighted by Gasteiger charge is -2.23. The lowest BCUT2D eigenvalue weighted by molar-refractivity contribution is 0.414. The van der Waals surface area contributed by atoms with Gasteiger partial charge >= 0.3 is 0 Å². The summed E-state index contributed by atoms with van der Waals surface area (Å²) in [6.07, 6.45) is 6.89. The minimum atomic E-state index is 0.543. The first-order valence-electron chi connectivity index (χ1n) is 6.23. The second kappa shape index (κ2) is 5.24. The molecule has 0 saturated heterocycles. The smallest absolute Gasteiger partial charge is 0.157 e. The van der Waals surface area contributed by atoms with Gasteiger partial charge in [-0.05, 0) is 18.8 Å². The van der Waals surface area contributed by atoms with Crippen LogP contribution in [-0.2, 0) is 0 Å². The normalized spacial score (nSPS) is 28.2. The molecule has 2 nitrogen and oxygen atoms in total. The van der Waals surface area contributed by atoms with Crippen molar-refractivity contribution in [2.24, 2.45) is 10.9 Å². The van der Waals surface area contributed by atoms with Crippen molar-refractivity contribution in [3.05, 3.63) is 0 Å². The van der Waals surface area contributed by atoms with Crippen LogP contribution in [0.2, 0.25) is 0 Å². The minimum absolute atomic E-state index is 0.543. The maximum absolute atomic E-state index is 4.75. The molecule has 1 N–H and O–H groups in total. The third kappa shape index (κ3) is 3.13. The predicted octanol–water partition coefficient (Wildman–Crippen LogP) is 3.04. The molecule has 0 aromatic carbocycles. The summed E-state index contributed by atoms with van der Waals surface area (Å²) in [5.41, 5.74) is 0. The van der Waals surface area contributed by atoms with Gasteiger partial charge < -0.3 is 5.32 Å². The molecular weight excluding hydrogens is 204 g/mol. The predicted molar refractivity (Wildman–Crippen MR) is 68.5 cm³/mol. The van der Waals surface area contributed by atoms with E-state index in [1.807, 2.05) is 11.8 Å². The van der Waals surface area contributed by atoms with Gasteiger partial charge in [0.2, 0.25) is 0 Å². The largest absolute Gasteiger partial charge is 0.362 e. The van der Waals surface area contributed by atoms with E-state index in [1.165, 1.54) is 43.0 Å². The van der Waals surface area contributed by atoms with Gasteiger partial charge in [-0.25, -0.2) is 0 Å². The van der Waals surface area contributed by atoms with Crippen molar-refractivity contribution < 1.29 is 0 Å². The van der Waals surface area contributed by atoms with Crippen molar-refractivity contribution in [1.82, 2.24) is 5.32 Å². The number of hydrogen-bond donors (Lipinski definition) is 1. The molecule has 1 aliphatic heterocycles. The molecule has 2 aliphatic rings. The van der Waals surface area contributed by atoms with E-state index in [-0.39, 0.29) is 0 Å². The van der Waals surface area contributed by atoms with Gasteiger partial charge in [0.05, 0.1) is 6.04 Å². The highest BCUT2D eigenvalue weighted by Crippen LogP contribution is 2.24. The van der Waals surface area contributed by atoms with Gasteiger partial charge in [0.15, 0.2) is 5.17 Å². The minimum Gasteiger partial charge on any atom is -0.362 e. The Bertz CT molecular complexity index is 232. The topological polar surface area (TPSA) is 24.4 Å². The fourth-order valence-electron chi connectivity index (χ4n) is 2.23. The molecule has 1 atom stereocenters. The molecule has 15 heavy (non-hydrogen) atoms. The lowest BCUT2D eigenvalue weighted by atomic mass is 9.96. The Morgan fingerprint density at radius 2 is 2.00 bits per heavy atom. The van der Waals surface area contributed by atoms with Crippen LogP contribution >= 0.6 is 11.8 Å². The average molecular weight is 226 g/mol. The molecule has 86 valence electrons. The first-order chi connectivity index (χ1) is 7.25. The van der Waals surface area contributed by atoms with E-state index in [9.17, 15) is 0 Å². The molecule has 1 aliphatic carbocycles. The molecule has 0 radical (unpaired) electrons. The molecule has 0 aromatic heterocycles. The highest BCUT2D eigenvalue weighted by Gasteiger charge is 2.23. The molecular formula is C12H22N2S. The average Bonchev–Trinajstić information content (AvgIpc) is 2.68. The summed E-state index contributed by atoms with van der Waals surface area (Å²) in [6, 6.07) is 1.25. The van der Waals surface area contributed by atoms with Crippen molar-refractivity contribution in [3.8, 4) is 0 Å². The van der Waals surface area contributed by atoms with Gasteiger partial charge in [0, 0.05) is 11.8 Å². The monoisotopic (exact) mass is 226 g/mol. The number of thioether (sulfide) groups is 1. The van der Waals surface area contributed by atoms with Crippen LogP contribution < -0.4 is 5.32 Å². The molecule has 1 fully saturated rings. The van der Waals surface area contributed by atoms with Crippen LogP contribution in [0, 0.1) is 5.92 Å². The van der Waals surface area contributed by atoms with Gasteiger partial charge in [0.1, 0.15) is 0 Å². The van der Waals surface area contributed by atoms with Crippen molar-refractivity contribution in [1.29, 1.82) is 0 Å². The van der Waals surface area contributed by atoms with Gasteiger partial charge in [-0.15, -0.1) is 0 Å². The molecule has 0 aromatic rings. The molecule has 0 unspecified atom stereocenters. The van der Waals surface area contributed by atoms with E-state index in [4.69, 9.17) is 4.99 Å². The fraction of sp³-hybridized carbons (Fsp3) is 0.917. The van der Waals surface area contributed by atoms with E-state index < -0.39 is 0 Å². The molecule has 2 rings (SSSR count). The highest BCUT2D eigenvalue weighted by molar-refractivity contribution is 8.14. The standard InChI is InChI=1S/C12H22N2S/c1-9(2)11-8-15-12(14-11)13-10-6-4-3-5-7-10/h9-11H,3-8H2,1-2H3,(H,13,14)/t11-/m1/s1. The van der Waals surface area contributed by atoms with Crippen LogP contribution in [0.15, 0.2) is 4.99 Å². The van der Waals surface area contributed by atoms with Gasteiger partial charge in [-0.2, -0.15) is 0 Å². The summed E-state index contributed by atoms with van der Waals surface area (Å²) in [5, 5.41) is 4.82. The second-order valence-corrected chi connectivity index (χ2v) is 6.04. The zero-order chi connectivity index (χ0) is 10.7. The van der Waals surface area contributed by atoms with Crippen molar-refractivity contribution in [2.45, 2.75) is 58.0 Å². The fourth-order valence-corrected chi connectivity index (χ4v) is 3.48. The Balaban J connectivity index is 1.81. The van der Waals surface area contributed by atoms with Gasteiger partial charge in [0.25, 0.3) is 0 Å². The third-order valence-corrected chi connectivity index (χ3v) is 4.38.